The maximum atomic E-state index is 13.8. The first kappa shape index (κ1) is 31.3. The number of carbonyl (C=O) groups is 3. The summed E-state index contributed by atoms with van der Waals surface area (Å²) in [6, 6.07) is 12.1. The Morgan fingerprint density at radius 1 is 1.12 bits per heavy atom. The quantitative estimate of drug-likeness (QED) is 0.151. The summed E-state index contributed by atoms with van der Waals surface area (Å²) in [4.78, 5) is 58.0. The lowest BCUT2D eigenvalue weighted by molar-refractivity contribution is -0.148. The molecule has 11 nitrogen and oxygen atoms in total. The number of esters is 1. The Labute approximate surface area is 244 Å². The van der Waals surface area contributed by atoms with Crippen LogP contribution in [0.2, 0.25) is 0 Å². The molecule has 0 spiro atoms. The Bertz CT molecular complexity index is 1530. The fraction of sp³-hybridized carbons (Fsp3) is 0.379. The molecule has 0 radical (unpaired) electrons. The number of halogens is 1. The second kappa shape index (κ2) is 12.9. The van der Waals surface area contributed by atoms with Crippen LogP contribution in [0, 0.1) is 5.41 Å². The monoisotopic (exact) mass is 582 g/mol. The summed E-state index contributed by atoms with van der Waals surface area (Å²) in [5.41, 5.74) is 7.06. The number of fused-ring (bicyclic) bond motifs is 1. The number of ether oxygens (including phenoxy) is 1. The molecule has 2 heterocycles. The van der Waals surface area contributed by atoms with Crippen LogP contribution in [0.3, 0.4) is 0 Å². The van der Waals surface area contributed by atoms with Gasteiger partial charge in [-0.05, 0) is 49.9 Å². The lowest BCUT2D eigenvalue weighted by Crippen LogP contribution is -2.55. The van der Waals surface area contributed by atoms with Gasteiger partial charge in [-0.25, -0.2) is 4.98 Å². The summed E-state index contributed by atoms with van der Waals surface area (Å²) in [7, 11) is 1.66. The second-order valence-corrected chi connectivity index (χ2v) is 10.1. The first-order valence-corrected chi connectivity index (χ1v) is 13.2. The summed E-state index contributed by atoms with van der Waals surface area (Å²) in [6.45, 7) is 4.58. The molecular formula is C29H35ClN6O5. The Balaban J connectivity index is 0.00000462. The SMILES string of the molecule is CCOC(=O)CC(=O)NC(C)(C(=O)N1CCCC1)c1ccc2c(c1)nc(Cc1ccc(C(=N)N)cc1)c(=O)n2C.Cl. The fourth-order valence-corrected chi connectivity index (χ4v) is 4.97. The molecule has 1 aliphatic rings. The number of nitrogen functional groups attached to an aromatic ring is 1. The van der Waals surface area contributed by atoms with Crippen molar-refractivity contribution in [2.24, 2.45) is 12.8 Å². The summed E-state index contributed by atoms with van der Waals surface area (Å²) in [5.74, 6) is -1.62. The number of likely N-dealkylation sites (tertiary alicyclic amines) is 1. The third-order valence-electron chi connectivity index (χ3n) is 7.18. The number of nitrogens with zero attached hydrogens (tertiary/aromatic N) is 3. The van der Waals surface area contributed by atoms with Gasteiger partial charge < -0.3 is 25.3 Å². The molecule has 2 aromatic carbocycles. The van der Waals surface area contributed by atoms with Gasteiger partial charge in [0.25, 0.3) is 11.5 Å². The van der Waals surface area contributed by atoms with Gasteiger partial charge in [0, 0.05) is 32.1 Å². The van der Waals surface area contributed by atoms with Gasteiger partial charge in [0.1, 0.15) is 23.5 Å². The zero-order chi connectivity index (χ0) is 29.0. The van der Waals surface area contributed by atoms with E-state index in [1.807, 2.05) is 0 Å². The molecule has 218 valence electrons. The van der Waals surface area contributed by atoms with Crippen LogP contribution in [0.1, 0.15) is 55.5 Å². The van der Waals surface area contributed by atoms with Gasteiger partial charge in [-0.15, -0.1) is 12.4 Å². The van der Waals surface area contributed by atoms with Gasteiger partial charge >= 0.3 is 5.97 Å². The average Bonchev–Trinajstić information content (AvgIpc) is 3.46. The third-order valence-corrected chi connectivity index (χ3v) is 7.18. The molecule has 3 aromatic rings. The first-order valence-electron chi connectivity index (χ1n) is 13.2. The molecule has 1 aromatic heterocycles. The van der Waals surface area contributed by atoms with E-state index in [1.165, 1.54) is 4.57 Å². The minimum absolute atomic E-state index is 0. The molecule has 1 aliphatic heterocycles. The summed E-state index contributed by atoms with van der Waals surface area (Å²) in [6.07, 6.45) is 1.49. The highest BCUT2D eigenvalue weighted by molar-refractivity contribution is 5.99. The summed E-state index contributed by atoms with van der Waals surface area (Å²) >= 11 is 0. The number of amidine groups is 1. The number of benzene rings is 2. The highest BCUT2D eigenvalue weighted by atomic mass is 35.5. The highest BCUT2D eigenvalue weighted by Gasteiger charge is 2.41. The van der Waals surface area contributed by atoms with Gasteiger partial charge in [0.2, 0.25) is 5.91 Å². The molecule has 0 saturated carbocycles. The van der Waals surface area contributed by atoms with Crippen LogP contribution in [0.4, 0.5) is 0 Å². The lowest BCUT2D eigenvalue weighted by atomic mass is 9.89. The third kappa shape index (κ3) is 6.74. The Kier molecular flexibility index (Phi) is 9.88. The zero-order valence-corrected chi connectivity index (χ0v) is 24.2. The normalized spacial score (nSPS) is 14.2. The van der Waals surface area contributed by atoms with Crippen molar-refractivity contribution < 1.29 is 19.1 Å². The van der Waals surface area contributed by atoms with E-state index in [0.29, 0.717) is 40.9 Å². The van der Waals surface area contributed by atoms with E-state index < -0.39 is 23.8 Å². The van der Waals surface area contributed by atoms with Crippen molar-refractivity contribution in [2.45, 2.75) is 45.1 Å². The van der Waals surface area contributed by atoms with Gasteiger partial charge in [0.15, 0.2) is 0 Å². The molecule has 1 atom stereocenters. The van der Waals surface area contributed by atoms with Crippen LogP contribution in [0.15, 0.2) is 47.3 Å². The van der Waals surface area contributed by atoms with Crippen molar-refractivity contribution in [3.8, 4) is 0 Å². The predicted octanol–water partition coefficient (Wildman–Crippen LogP) is 2.14. The van der Waals surface area contributed by atoms with Crippen molar-refractivity contribution >= 4 is 47.1 Å². The molecule has 4 rings (SSSR count). The number of nitrogens with one attached hydrogen (secondary N) is 2. The lowest BCUT2D eigenvalue weighted by Gasteiger charge is -2.34. The van der Waals surface area contributed by atoms with E-state index in [0.717, 1.165) is 18.4 Å². The number of nitrogens with two attached hydrogens (primary N) is 1. The molecule has 2 amide bonds. The number of aromatic nitrogens is 2. The molecule has 0 bridgehead atoms. The summed E-state index contributed by atoms with van der Waals surface area (Å²) < 4.78 is 6.41. The van der Waals surface area contributed by atoms with E-state index in [-0.39, 0.29) is 42.7 Å². The standard InChI is InChI=1S/C29H34N6O5.ClH/c1-4-40-25(37)17-24(36)33-29(2,28(39)35-13-5-6-14-35)20-11-12-23-21(16-20)32-22(27(38)34(23)3)15-18-7-9-19(10-8-18)26(30)31;/h7-12,16H,4-6,13-15,17H2,1-3H3,(H3,30,31)(H,33,36);1H. The molecular weight excluding hydrogens is 548 g/mol. The second-order valence-electron chi connectivity index (χ2n) is 10.1. The number of amides is 2. The van der Waals surface area contributed by atoms with Crippen LogP contribution in [-0.2, 0) is 38.1 Å². The number of carbonyl (C=O) groups excluding carboxylic acids is 3. The van der Waals surface area contributed by atoms with Crippen LogP contribution in [0.25, 0.3) is 11.0 Å². The molecule has 4 N–H and O–H groups in total. The van der Waals surface area contributed by atoms with E-state index >= 15 is 0 Å². The highest BCUT2D eigenvalue weighted by Crippen LogP contribution is 2.28. The maximum absolute atomic E-state index is 13.8. The molecule has 0 aliphatic carbocycles. The Morgan fingerprint density at radius 3 is 2.39 bits per heavy atom. The van der Waals surface area contributed by atoms with Crippen LogP contribution in [0.5, 0.6) is 0 Å². The van der Waals surface area contributed by atoms with Crippen molar-refractivity contribution in [3.63, 3.8) is 0 Å². The molecule has 1 fully saturated rings. The predicted molar refractivity (Wildman–Crippen MR) is 157 cm³/mol. The summed E-state index contributed by atoms with van der Waals surface area (Å²) in [5, 5.41) is 10.3. The first-order chi connectivity index (χ1) is 19.0. The van der Waals surface area contributed by atoms with Gasteiger partial charge in [-0.3, -0.25) is 24.6 Å². The minimum atomic E-state index is -1.47. The molecule has 1 saturated heterocycles. The molecule has 12 heteroatoms. The fourth-order valence-electron chi connectivity index (χ4n) is 4.97. The van der Waals surface area contributed by atoms with E-state index in [4.69, 9.17) is 15.9 Å². The smallest absolute Gasteiger partial charge is 0.315 e. The maximum Gasteiger partial charge on any atom is 0.315 e. The van der Waals surface area contributed by atoms with Crippen LogP contribution >= 0.6 is 12.4 Å². The van der Waals surface area contributed by atoms with Crippen LogP contribution < -0.4 is 16.6 Å². The van der Waals surface area contributed by atoms with Crippen molar-refractivity contribution in [1.29, 1.82) is 5.41 Å². The zero-order valence-electron chi connectivity index (χ0n) is 23.4. The van der Waals surface area contributed by atoms with Gasteiger partial charge in [-0.2, -0.15) is 0 Å². The molecule has 1 unspecified atom stereocenters. The van der Waals surface area contributed by atoms with Gasteiger partial charge in [-0.1, -0.05) is 30.3 Å². The minimum Gasteiger partial charge on any atom is -0.466 e. The topological polar surface area (TPSA) is 160 Å². The molecule has 41 heavy (non-hydrogen) atoms. The average molecular weight is 583 g/mol. The largest absolute Gasteiger partial charge is 0.466 e. The number of rotatable bonds is 9. The van der Waals surface area contributed by atoms with Crippen LogP contribution in [-0.4, -0.2) is 57.8 Å². The van der Waals surface area contributed by atoms with E-state index in [1.54, 1.807) is 68.3 Å². The number of hydrogen-bond acceptors (Lipinski definition) is 7. The number of aryl methyl sites for hydroxylation is 1. The van der Waals surface area contributed by atoms with Crippen molar-refractivity contribution in [3.05, 3.63) is 75.2 Å². The van der Waals surface area contributed by atoms with Crippen molar-refractivity contribution in [2.75, 3.05) is 19.7 Å². The van der Waals surface area contributed by atoms with E-state index in [9.17, 15) is 19.2 Å². The Hall–Kier alpha value is -4.25. The van der Waals surface area contributed by atoms with E-state index in [2.05, 4.69) is 10.3 Å². The van der Waals surface area contributed by atoms with Crippen molar-refractivity contribution in [1.82, 2.24) is 19.8 Å². The number of hydrogen-bond donors (Lipinski definition) is 3. The Morgan fingerprint density at radius 2 is 1.78 bits per heavy atom. The van der Waals surface area contributed by atoms with Gasteiger partial charge in [0.05, 0.1) is 17.6 Å².